The summed E-state index contributed by atoms with van der Waals surface area (Å²) in [6.45, 7) is 3.18. The van der Waals surface area contributed by atoms with Crippen LogP contribution in [0.1, 0.15) is 35.1 Å². The molecule has 0 radical (unpaired) electrons. The molecule has 1 aliphatic rings. The van der Waals surface area contributed by atoms with Crippen LogP contribution in [0.25, 0.3) is 0 Å². The molecule has 1 saturated heterocycles. The highest BCUT2D eigenvalue weighted by molar-refractivity contribution is 5.90. The van der Waals surface area contributed by atoms with Crippen molar-refractivity contribution in [1.82, 2.24) is 14.9 Å². The van der Waals surface area contributed by atoms with Crippen molar-refractivity contribution in [3.8, 4) is 0 Å². The molecule has 138 valence electrons. The normalized spacial score (nSPS) is 20.2. The van der Waals surface area contributed by atoms with E-state index in [4.69, 9.17) is 4.74 Å². The summed E-state index contributed by atoms with van der Waals surface area (Å²) in [6.07, 6.45) is 5.69. The quantitative estimate of drug-likeness (QED) is 0.826. The molecule has 2 atom stereocenters. The van der Waals surface area contributed by atoms with Gasteiger partial charge >= 0.3 is 0 Å². The van der Waals surface area contributed by atoms with E-state index in [1.807, 2.05) is 13.0 Å². The molecule has 2 aromatic rings. The summed E-state index contributed by atoms with van der Waals surface area (Å²) in [5.41, 5.74) is 1.92. The molecule has 0 unspecified atom stereocenters. The summed E-state index contributed by atoms with van der Waals surface area (Å²) < 4.78 is 19.1. The number of halogens is 1. The Morgan fingerprint density at radius 3 is 2.73 bits per heavy atom. The van der Waals surface area contributed by atoms with Crippen molar-refractivity contribution in [2.45, 2.75) is 32.3 Å². The zero-order valence-corrected chi connectivity index (χ0v) is 15.2. The number of benzene rings is 1. The zero-order valence-electron chi connectivity index (χ0n) is 15.2. The largest absolute Gasteiger partial charge is 0.381 e. The molecule has 1 aliphatic heterocycles. The Labute approximate surface area is 153 Å². The van der Waals surface area contributed by atoms with E-state index >= 15 is 0 Å². The van der Waals surface area contributed by atoms with Crippen molar-refractivity contribution in [2.24, 2.45) is 5.92 Å². The second-order valence-corrected chi connectivity index (χ2v) is 6.68. The predicted octanol–water partition coefficient (Wildman–Crippen LogP) is 2.90. The minimum absolute atomic E-state index is 0.0469. The average Bonchev–Trinajstić information content (AvgIpc) is 2.67. The van der Waals surface area contributed by atoms with Crippen molar-refractivity contribution >= 4 is 5.91 Å². The number of piperidine rings is 1. The molecule has 0 spiro atoms. The van der Waals surface area contributed by atoms with E-state index in [-0.39, 0.29) is 29.6 Å². The maximum atomic E-state index is 13.5. The highest BCUT2D eigenvalue weighted by Gasteiger charge is 2.32. The molecule has 0 aliphatic carbocycles. The van der Waals surface area contributed by atoms with Crippen LogP contribution in [0.3, 0.4) is 0 Å². The van der Waals surface area contributed by atoms with Crippen molar-refractivity contribution in [2.75, 3.05) is 20.2 Å². The van der Waals surface area contributed by atoms with Crippen LogP contribution in [-0.4, -0.2) is 47.1 Å². The molecule has 0 bridgehead atoms. The molecular formula is C20H24FN3O2. The number of rotatable bonds is 5. The van der Waals surface area contributed by atoms with Crippen LogP contribution in [0.15, 0.2) is 36.7 Å². The first-order valence-corrected chi connectivity index (χ1v) is 8.98. The number of aryl methyl sites for hydroxylation is 1. The van der Waals surface area contributed by atoms with Gasteiger partial charge in [0.2, 0.25) is 5.82 Å². The third kappa shape index (κ3) is 4.25. The van der Waals surface area contributed by atoms with Crippen molar-refractivity contribution in [3.05, 3.63) is 59.4 Å². The number of ether oxygens (including phenoxy) is 1. The van der Waals surface area contributed by atoms with Gasteiger partial charge in [0.05, 0.1) is 6.10 Å². The minimum Gasteiger partial charge on any atom is -0.381 e. The number of hydrogen-bond acceptors (Lipinski definition) is 4. The van der Waals surface area contributed by atoms with Gasteiger partial charge in [0.1, 0.15) is 5.82 Å². The summed E-state index contributed by atoms with van der Waals surface area (Å²) in [6, 6.07) is 6.59. The van der Waals surface area contributed by atoms with Crippen LogP contribution in [0.2, 0.25) is 0 Å². The van der Waals surface area contributed by atoms with Gasteiger partial charge in [-0.05, 0) is 42.5 Å². The highest BCUT2D eigenvalue weighted by Crippen LogP contribution is 2.24. The van der Waals surface area contributed by atoms with Gasteiger partial charge in [-0.2, -0.15) is 0 Å². The second-order valence-electron chi connectivity index (χ2n) is 6.68. The molecule has 1 aromatic heterocycles. The predicted molar refractivity (Wildman–Crippen MR) is 96.3 cm³/mol. The fourth-order valence-corrected chi connectivity index (χ4v) is 3.46. The van der Waals surface area contributed by atoms with Crippen LogP contribution < -0.4 is 0 Å². The molecule has 2 heterocycles. The Bertz CT molecular complexity index is 751. The Morgan fingerprint density at radius 2 is 2.08 bits per heavy atom. The first kappa shape index (κ1) is 18.5. The number of hydrogen-bond donors (Lipinski definition) is 0. The van der Waals surface area contributed by atoms with Gasteiger partial charge in [-0.1, -0.05) is 19.1 Å². The number of carbonyl (C=O) groups excluding carboxylic acids is 1. The van der Waals surface area contributed by atoms with E-state index in [9.17, 15) is 9.18 Å². The molecule has 1 fully saturated rings. The fraction of sp³-hybridized carbons (Fsp3) is 0.450. The third-order valence-electron chi connectivity index (χ3n) is 4.95. The van der Waals surface area contributed by atoms with Crippen LogP contribution >= 0.6 is 0 Å². The minimum atomic E-state index is -0.246. The molecule has 1 amide bonds. The van der Waals surface area contributed by atoms with Crippen molar-refractivity contribution in [1.29, 1.82) is 0 Å². The lowest BCUT2D eigenvalue weighted by Crippen LogP contribution is -2.47. The van der Waals surface area contributed by atoms with E-state index in [2.05, 4.69) is 9.97 Å². The first-order valence-electron chi connectivity index (χ1n) is 8.98. The zero-order chi connectivity index (χ0) is 18.5. The number of amides is 1. The summed E-state index contributed by atoms with van der Waals surface area (Å²) in [7, 11) is 1.69. The molecule has 26 heavy (non-hydrogen) atoms. The summed E-state index contributed by atoms with van der Waals surface area (Å²) >= 11 is 0. The van der Waals surface area contributed by atoms with E-state index < -0.39 is 0 Å². The fourth-order valence-electron chi connectivity index (χ4n) is 3.46. The van der Waals surface area contributed by atoms with Gasteiger partial charge in [-0.25, -0.2) is 14.4 Å². The molecule has 0 saturated carbocycles. The number of methoxy groups -OCH3 is 1. The molecule has 1 aromatic carbocycles. The van der Waals surface area contributed by atoms with Gasteiger partial charge in [0.15, 0.2) is 0 Å². The smallest absolute Gasteiger partial charge is 0.291 e. The van der Waals surface area contributed by atoms with Gasteiger partial charge in [0.25, 0.3) is 5.91 Å². The summed E-state index contributed by atoms with van der Waals surface area (Å²) in [4.78, 5) is 22.9. The average molecular weight is 357 g/mol. The van der Waals surface area contributed by atoms with Gasteiger partial charge < -0.3 is 9.64 Å². The van der Waals surface area contributed by atoms with Crippen LogP contribution in [0.5, 0.6) is 0 Å². The highest BCUT2D eigenvalue weighted by atomic mass is 19.1. The molecule has 0 N–H and O–H groups in total. The number of likely N-dealkylation sites (tertiary alicyclic amines) is 1. The lowest BCUT2D eigenvalue weighted by molar-refractivity contribution is -0.00339. The Hall–Kier alpha value is -2.34. The van der Waals surface area contributed by atoms with E-state index in [0.29, 0.717) is 19.5 Å². The Kier molecular flexibility index (Phi) is 5.93. The van der Waals surface area contributed by atoms with E-state index in [1.54, 1.807) is 36.5 Å². The summed E-state index contributed by atoms with van der Waals surface area (Å²) in [5.74, 6) is -0.0759. The topological polar surface area (TPSA) is 55.3 Å². The standard InChI is InChI=1S/C20H24FN3O2/c1-3-14-11-22-19(23-12-14)20(25)24-8-7-18(26-2)16(13-24)9-15-5-4-6-17(21)10-15/h4-6,10-12,16,18H,3,7-9,13H2,1-2H3/t16-,18+/m1/s1. The van der Waals surface area contributed by atoms with Crippen LogP contribution in [0.4, 0.5) is 4.39 Å². The lowest BCUT2D eigenvalue weighted by atomic mass is 9.88. The Balaban J connectivity index is 1.72. The van der Waals surface area contributed by atoms with Gasteiger partial charge in [0, 0.05) is 38.5 Å². The summed E-state index contributed by atoms with van der Waals surface area (Å²) in [5, 5.41) is 0. The molecular weight excluding hydrogens is 333 g/mol. The SMILES string of the molecule is CCc1cnc(C(=O)N2CC[C@H](OC)[C@H](Cc3cccc(F)c3)C2)nc1. The van der Waals surface area contributed by atoms with Crippen LogP contribution in [-0.2, 0) is 17.6 Å². The number of aromatic nitrogens is 2. The molecule has 6 heteroatoms. The van der Waals surface area contributed by atoms with Crippen LogP contribution in [0, 0.1) is 11.7 Å². The number of nitrogens with zero attached hydrogens (tertiary/aromatic N) is 3. The maximum absolute atomic E-state index is 13.5. The first-order chi connectivity index (χ1) is 12.6. The van der Waals surface area contributed by atoms with E-state index in [0.717, 1.165) is 24.0 Å². The monoisotopic (exact) mass is 357 g/mol. The van der Waals surface area contributed by atoms with Gasteiger partial charge in [-0.3, -0.25) is 4.79 Å². The Morgan fingerprint density at radius 1 is 1.31 bits per heavy atom. The van der Waals surface area contributed by atoms with E-state index in [1.165, 1.54) is 6.07 Å². The maximum Gasteiger partial charge on any atom is 0.291 e. The number of carbonyl (C=O) groups is 1. The third-order valence-corrected chi connectivity index (χ3v) is 4.95. The molecule has 3 rings (SSSR count). The second kappa shape index (κ2) is 8.36. The van der Waals surface area contributed by atoms with Crippen molar-refractivity contribution < 1.29 is 13.9 Å². The van der Waals surface area contributed by atoms with Crippen molar-refractivity contribution in [3.63, 3.8) is 0 Å². The molecule has 5 nitrogen and oxygen atoms in total. The van der Waals surface area contributed by atoms with Gasteiger partial charge in [-0.15, -0.1) is 0 Å². The lowest BCUT2D eigenvalue weighted by Gasteiger charge is -2.37.